The molecule has 2 unspecified atom stereocenters. The predicted octanol–water partition coefficient (Wildman–Crippen LogP) is 0.740. The van der Waals surface area contributed by atoms with Gasteiger partial charge >= 0.3 is 5.97 Å². The summed E-state index contributed by atoms with van der Waals surface area (Å²) in [6.45, 7) is 6.12. The van der Waals surface area contributed by atoms with Crippen molar-refractivity contribution >= 4 is 5.97 Å². The van der Waals surface area contributed by atoms with Crippen LogP contribution in [0.2, 0.25) is 0 Å². The third kappa shape index (κ3) is 1.53. The number of rotatable bonds is 1. The van der Waals surface area contributed by atoms with Gasteiger partial charge in [0.25, 0.3) is 0 Å². The molecule has 2 aliphatic rings. The Kier molecular flexibility index (Phi) is 2.49. The molecule has 0 aromatic heterocycles. The summed E-state index contributed by atoms with van der Waals surface area (Å²) in [5, 5.41) is 0. The molecule has 2 saturated heterocycles. The molecule has 0 bridgehead atoms. The Labute approximate surface area is 83.5 Å². The molecule has 2 rings (SSSR count). The van der Waals surface area contributed by atoms with Crippen LogP contribution in [0.25, 0.3) is 0 Å². The third-order valence-corrected chi connectivity index (χ3v) is 2.90. The van der Waals surface area contributed by atoms with Crippen LogP contribution in [-0.4, -0.2) is 37.0 Å². The van der Waals surface area contributed by atoms with Crippen molar-refractivity contribution in [1.82, 2.24) is 0 Å². The van der Waals surface area contributed by atoms with Gasteiger partial charge in [0.15, 0.2) is 6.10 Å². The molecule has 2 heterocycles. The van der Waals surface area contributed by atoms with Crippen molar-refractivity contribution in [2.75, 3.05) is 6.61 Å². The van der Waals surface area contributed by atoms with Gasteiger partial charge in [0.2, 0.25) is 0 Å². The summed E-state index contributed by atoms with van der Waals surface area (Å²) in [7, 11) is 0. The van der Waals surface area contributed by atoms with E-state index in [1.54, 1.807) is 0 Å². The normalized spacial score (nSPS) is 46.4. The maximum absolute atomic E-state index is 10.9. The number of esters is 1. The molecule has 0 aromatic carbocycles. The first-order valence-electron chi connectivity index (χ1n) is 5.04. The van der Waals surface area contributed by atoms with Gasteiger partial charge in [-0.2, -0.15) is 0 Å². The zero-order valence-corrected chi connectivity index (χ0v) is 8.73. The number of carbonyl (C=O) groups excluding carboxylic acids is 1. The Morgan fingerprint density at radius 2 is 2.07 bits per heavy atom. The van der Waals surface area contributed by atoms with Crippen molar-refractivity contribution < 1.29 is 19.0 Å². The fourth-order valence-electron chi connectivity index (χ4n) is 2.22. The molecule has 0 spiro atoms. The minimum atomic E-state index is -0.269. The van der Waals surface area contributed by atoms with Crippen LogP contribution >= 0.6 is 0 Å². The number of ether oxygens (including phenoxy) is 3. The van der Waals surface area contributed by atoms with Crippen molar-refractivity contribution in [3.05, 3.63) is 0 Å². The van der Waals surface area contributed by atoms with E-state index in [2.05, 4.69) is 6.92 Å². The molecule has 0 amide bonds. The van der Waals surface area contributed by atoms with E-state index >= 15 is 0 Å². The topological polar surface area (TPSA) is 44.8 Å². The third-order valence-electron chi connectivity index (χ3n) is 2.90. The van der Waals surface area contributed by atoms with Gasteiger partial charge in [0, 0.05) is 12.8 Å². The molecular weight excluding hydrogens is 184 g/mol. The van der Waals surface area contributed by atoms with Crippen LogP contribution in [0.4, 0.5) is 0 Å². The second kappa shape index (κ2) is 3.51. The molecule has 2 aliphatic heterocycles. The van der Waals surface area contributed by atoms with Gasteiger partial charge in [-0.1, -0.05) is 6.92 Å². The van der Waals surface area contributed by atoms with Gasteiger partial charge in [-0.25, -0.2) is 0 Å². The van der Waals surface area contributed by atoms with E-state index in [1.807, 2.05) is 6.92 Å². The lowest BCUT2D eigenvalue weighted by Crippen LogP contribution is -2.34. The van der Waals surface area contributed by atoms with E-state index in [0.29, 0.717) is 12.5 Å². The number of fused-ring (bicyclic) bond motifs is 1. The first kappa shape index (κ1) is 9.93. The summed E-state index contributed by atoms with van der Waals surface area (Å²) in [5.74, 6) is 0.122. The van der Waals surface area contributed by atoms with Gasteiger partial charge < -0.3 is 14.2 Å². The SMILES string of the molecule is CC(=O)O[C@@H]1C2OC[C@@H](C)C2O[C@H]1C. The van der Waals surface area contributed by atoms with Crippen LogP contribution in [0.15, 0.2) is 0 Å². The maximum atomic E-state index is 10.9. The summed E-state index contributed by atoms with van der Waals surface area (Å²) >= 11 is 0. The molecular formula is C10H16O4. The summed E-state index contributed by atoms with van der Waals surface area (Å²) in [6.07, 6.45) is -0.266. The van der Waals surface area contributed by atoms with Crippen LogP contribution in [0.1, 0.15) is 20.8 Å². The van der Waals surface area contributed by atoms with Crippen LogP contribution in [0.3, 0.4) is 0 Å². The molecule has 0 aliphatic carbocycles. The summed E-state index contributed by atoms with van der Waals surface area (Å²) < 4.78 is 16.5. The largest absolute Gasteiger partial charge is 0.457 e. The van der Waals surface area contributed by atoms with E-state index in [4.69, 9.17) is 14.2 Å². The van der Waals surface area contributed by atoms with E-state index in [-0.39, 0.29) is 30.4 Å². The molecule has 4 nitrogen and oxygen atoms in total. The highest BCUT2D eigenvalue weighted by Gasteiger charge is 2.51. The average molecular weight is 200 g/mol. The molecule has 80 valence electrons. The van der Waals surface area contributed by atoms with Crippen LogP contribution in [0, 0.1) is 5.92 Å². The minimum Gasteiger partial charge on any atom is -0.457 e. The van der Waals surface area contributed by atoms with Crippen LogP contribution in [0.5, 0.6) is 0 Å². The fourth-order valence-corrected chi connectivity index (χ4v) is 2.22. The summed E-state index contributed by atoms with van der Waals surface area (Å²) in [4.78, 5) is 10.9. The van der Waals surface area contributed by atoms with Crippen LogP contribution in [-0.2, 0) is 19.0 Å². The molecule has 0 aromatic rings. The smallest absolute Gasteiger partial charge is 0.303 e. The Bertz CT molecular complexity index is 240. The highest BCUT2D eigenvalue weighted by Crippen LogP contribution is 2.35. The number of carbonyl (C=O) groups is 1. The van der Waals surface area contributed by atoms with Crippen molar-refractivity contribution in [2.45, 2.75) is 45.2 Å². The van der Waals surface area contributed by atoms with Crippen molar-refractivity contribution in [2.24, 2.45) is 5.92 Å². The molecule has 5 atom stereocenters. The molecule has 0 N–H and O–H groups in total. The highest BCUT2D eigenvalue weighted by molar-refractivity contribution is 5.66. The second-order valence-electron chi connectivity index (χ2n) is 4.16. The molecule has 0 saturated carbocycles. The van der Waals surface area contributed by atoms with Gasteiger partial charge in [0.05, 0.1) is 18.8 Å². The second-order valence-corrected chi connectivity index (χ2v) is 4.16. The van der Waals surface area contributed by atoms with Gasteiger partial charge in [-0.15, -0.1) is 0 Å². The summed E-state index contributed by atoms with van der Waals surface area (Å²) in [5.41, 5.74) is 0. The average Bonchev–Trinajstić information content (AvgIpc) is 2.57. The molecule has 0 radical (unpaired) electrons. The van der Waals surface area contributed by atoms with Crippen LogP contribution < -0.4 is 0 Å². The summed E-state index contributed by atoms with van der Waals surface area (Å²) in [6, 6.07) is 0. The predicted molar refractivity (Wildman–Crippen MR) is 48.8 cm³/mol. The fraction of sp³-hybridized carbons (Fsp3) is 0.900. The number of hydrogen-bond donors (Lipinski definition) is 0. The number of hydrogen-bond acceptors (Lipinski definition) is 4. The molecule has 14 heavy (non-hydrogen) atoms. The van der Waals surface area contributed by atoms with Crippen molar-refractivity contribution in [3.8, 4) is 0 Å². The minimum absolute atomic E-state index is 0.0587. The highest BCUT2D eigenvalue weighted by atomic mass is 16.6. The van der Waals surface area contributed by atoms with E-state index in [0.717, 1.165) is 0 Å². The lowest BCUT2D eigenvalue weighted by atomic mass is 10.0. The van der Waals surface area contributed by atoms with Crippen molar-refractivity contribution in [3.63, 3.8) is 0 Å². The van der Waals surface area contributed by atoms with E-state index in [1.165, 1.54) is 6.92 Å². The molecule has 4 heteroatoms. The lowest BCUT2D eigenvalue weighted by molar-refractivity contribution is -0.153. The van der Waals surface area contributed by atoms with Gasteiger partial charge in [-0.05, 0) is 6.92 Å². The first-order valence-corrected chi connectivity index (χ1v) is 5.04. The maximum Gasteiger partial charge on any atom is 0.303 e. The lowest BCUT2D eigenvalue weighted by Gasteiger charge is -2.18. The standard InChI is InChI=1S/C10H16O4/c1-5-4-12-10-8(5)13-6(2)9(10)14-7(3)11/h5-6,8-10H,4H2,1-3H3/t5-,6+,8?,9+,10?/m1/s1. The zero-order valence-electron chi connectivity index (χ0n) is 8.73. The van der Waals surface area contributed by atoms with Gasteiger partial charge in [-0.3, -0.25) is 4.79 Å². The Morgan fingerprint density at radius 1 is 1.36 bits per heavy atom. The zero-order chi connectivity index (χ0) is 10.3. The van der Waals surface area contributed by atoms with Gasteiger partial charge in [0.1, 0.15) is 6.10 Å². The Morgan fingerprint density at radius 3 is 2.71 bits per heavy atom. The Balaban J connectivity index is 2.07. The molecule has 2 fully saturated rings. The Hall–Kier alpha value is -0.610. The van der Waals surface area contributed by atoms with E-state index < -0.39 is 0 Å². The quantitative estimate of drug-likeness (QED) is 0.586. The van der Waals surface area contributed by atoms with E-state index in [9.17, 15) is 4.79 Å². The first-order chi connectivity index (χ1) is 6.59. The van der Waals surface area contributed by atoms with Crippen molar-refractivity contribution in [1.29, 1.82) is 0 Å². The monoisotopic (exact) mass is 200 g/mol.